The van der Waals surface area contributed by atoms with Crippen molar-refractivity contribution in [3.63, 3.8) is 0 Å². The molecule has 0 aromatic carbocycles. The lowest BCUT2D eigenvalue weighted by atomic mass is 10.2. The van der Waals surface area contributed by atoms with E-state index in [0.717, 1.165) is 44.1 Å². The average molecular weight is 309 g/mol. The third kappa shape index (κ3) is 3.37. The molecule has 0 bridgehead atoms. The smallest absolute Gasteiger partial charge is 0.152 e. The molecule has 5 nitrogen and oxygen atoms in total. The van der Waals surface area contributed by atoms with Crippen LogP contribution < -0.4 is 5.32 Å². The van der Waals surface area contributed by atoms with E-state index in [1.807, 2.05) is 28.8 Å². The summed E-state index contributed by atoms with van der Waals surface area (Å²) in [4.78, 5) is 6.77. The van der Waals surface area contributed by atoms with Gasteiger partial charge >= 0.3 is 0 Å². The van der Waals surface area contributed by atoms with E-state index in [1.54, 1.807) is 0 Å². The number of ether oxygens (including phenoxy) is 1. The number of morpholine rings is 1. The largest absolute Gasteiger partial charge is 0.374 e. The van der Waals surface area contributed by atoms with E-state index in [2.05, 4.69) is 22.1 Å². The number of hydrogen-bond donors (Lipinski definition) is 1. The number of fused-ring (bicyclic) bond motifs is 1. The fourth-order valence-corrected chi connectivity index (χ4v) is 2.96. The van der Waals surface area contributed by atoms with Crippen molar-refractivity contribution < 1.29 is 4.74 Å². The van der Waals surface area contributed by atoms with E-state index in [0.29, 0.717) is 11.7 Å². The molecule has 0 unspecified atom stereocenters. The highest BCUT2D eigenvalue weighted by atomic mass is 35.5. The van der Waals surface area contributed by atoms with Gasteiger partial charge in [-0.15, -0.1) is 0 Å². The molecule has 0 aliphatic carbocycles. The van der Waals surface area contributed by atoms with Crippen LogP contribution in [-0.4, -0.2) is 53.2 Å². The van der Waals surface area contributed by atoms with Crippen LogP contribution in [0.25, 0.3) is 5.65 Å². The van der Waals surface area contributed by atoms with Crippen LogP contribution in [0.4, 0.5) is 0 Å². The van der Waals surface area contributed by atoms with Crippen molar-refractivity contribution in [3.05, 3.63) is 35.2 Å². The number of halogens is 1. The molecule has 21 heavy (non-hydrogen) atoms. The maximum absolute atomic E-state index is 6.22. The Balaban J connectivity index is 1.58. The molecule has 2 aromatic heterocycles. The molecule has 3 rings (SSSR count). The van der Waals surface area contributed by atoms with Gasteiger partial charge in [-0.1, -0.05) is 24.6 Å². The molecule has 3 heterocycles. The van der Waals surface area contributed by atoms with Crippen molar-refractivity contribution in [2.75, 3.05) is 32.8 Å². The first-order valence-corrected chi connectivity index (χ1v) is 7.82. The van der Waals surface area contributed by atoms with Crippen LogP contribution in [0, 0.1) is 0 Å². The highest BCUT2D eigenvalue weighted by Crippen LogP contribution is 2.17. The standard InChI is InChI=1S/C15H21ClN4O/c1-2-19-7-8-21-12(11-19)9-17-10-13-15(16)18-14-5-3-4-6-20(13)14/h3-6,12,17H,2,7-11H2,1H3/t12-/m1/s1. The Hall–Kier alpha value is -1.14. The molecule has 1 N–H and O–H groups in total. The van der Waals surface area contributed by atoms with Gasteiger partial charge in [0.1, 0.15) is 5.65 Å². The average Bonchev–Trinajstić information content (AvgIpc) is 2.83. The minimum atomic E-state index is 0.247. The van der Waals surface area contributed by atoms with Gasteiger partial charge in [0.25, 0.3) is 0 Å². The van der Waals surface area contributed by atoms with E-state index in [-0.39, 0.29) is 6.10 Å². The summed E-state index contributed by atoms with van der Waals surface area (Å²) < 4.78 is 7.81. The summed E-state index contributed by atoms with van der Waals surface area (Å²) in [5, 5.41) is 4.00. The van der Waals surface area contributed by atoms with Crippen molar-refractivity contribution in [3.8, 4) is 0 Å². The second-order valence-corrected chi connectivity index (χ2v) is 5.65. The fourth-order valence-electron chi connectivity index (χ4n) is 2.72. The summed E-state index contributed by atoms with van der Waals surface area (Å²) in [5.74, 6) is 0. The molecule has 6 heteroatoms. The van der Waals surface area contributed by atoms with Gasteiger partial charge < -0.3 is 14.5 Å². The van der Waals surface area contributed by atoms with Gasteiger partial charge in [0.15, 0.2) is 5.15 Å². The fraction of sp³-hybridized carbons (Fsp3) is 0.533. The normalized spacial score (nSPS) is 20.2. The Labute approximate surface area is 129 Å². The van der Waals surface area contributed by atoms with Crippen molar-refractivity contribution in [1.29, 1.82) is 0 Å². The predicted molar refractivity (Wildman–Crippen MR) is 83.8 cm³/mol. The molecule has 1 fully saturated rings. The minimum Gasteiger partial charge on any atom is -0.374 e. The Morgan fingerprint density at radius 2 is 2.38 bits per heavy atom. The van der Waals surface area contributed by atoms with Gasteiger partial charge in [-0.25, -0.2) is 4.98 Å². The van der Waals surface area contributed by atoms with E-state index < -0.39 is 0 Å². The van der Waals surface area contributed by atoms with E-state index in [4.69, 9.17) is 16.3 Å². The number of nitrogens with zero attached hydrogens (tertiary/aromatic N) is 3. The number of nitrogens with one attached hydrogen (secondary N) is 1. The molecule has 1 atom stereocenters. The number of hydrogen-bond acceptors (Lipinski definition) is 4. The highest BCUT2D eigenvalue weighted by molar-refractivity contribution is 6.30. The van der Waals surface area contributed by atoms with E-state index in [1.165, 1.54) is 0 Å². The third-order valence-electron chi connectivity index (χ3n) is 3.91. The molecule has 0 saturated carbocycles. The quantitative estimate of drug-likeness (QED) is 0.914. The summed E-state index contributed by atoms with van der Waals surface area (Å²) in [7, 11) is 0. The lowest BCUT2D eigenvalue weighted by Gasteiger charge is -2.32. The summed E-state index contributed by atoms with van der Waals surface area (Å²) in [5.41, 5.74) is 1.88. The second kappa shape index (κ2) is 6.75. The summed E-state index contributed by atoms with van der Waals surface area (Å²) in [6.45, 7) is 7.63. The van der Waals surface area contributed by atoms with Crippen molar-refractivity contribution >= 4 is 17.2 Å². The number of pyridine rings is 1. The molecule has 2 aromatic rings. The van der Waals surface area contributed by atoms with Gasteiger partial charge in [-0.2, -0.15) is 0 Å². The first-order chi connectivity index (χ1) is 10.3. The van der Waals surface area contributed by atoms with Crippen molar-refractivity contribution in [2.45, 2.75) is 19.6 Å². The Kier molecular flexibility index (Phi) is 4.75. The maximum atomic E-state index is 6.22. The van der Waals surface area contributed by atoms with Crippen LogP contribution in [0.5, 0.6) is 0 Å². The molecule has 0 spiro atoms. The molecule has 114 valence electrons. The summed E-state index contributed by atoms with van der Waals surface area (Å²) in [6.07, 6.45) is 2.23. The molecule has 1 saturated heterocycles. The molecule has 0 radical (unpaired) electrons. The first kappa shape index (κ1) is 14.8. The Bertz CT molecular complexity index is 600. The number of rotatable bonds is 5. The Morgan fingerprint density at radius 3 is 3.24 bits per heavy atom. The molecule has 1 aliphatic rings. The van der Waals surface area contributed by atoms with Crippen LogP contribution >= 0.6 is 11.6 Å². The number of imidazole rings is 1. The van der Waals surface area contributed by atoms with Crippen LogP contribution in [0.2, 0.25) is 5.15 Å². The van der Waals surface area contributed by atoms with Gasteiger partial charge in [0.05, 0.1) is 18.4 Å². The zero-order valence-electron chi connectivity index (χ0n) is 12.3. The monoisotopic (exact) mass is 308 g/mol. The lowest BCUT2D eigenvalue weighted by Crippen LogP contribution is -2.46. The van der Waals surface area contributed by atoms with Gasteiger partial charge in [-0.3, -0.25) is 4.90 Å². The topological polar surface area (TPSA) is 41.8 Å². The van der Waals surface area contributed by atoms with Gasteiger partial charge in [-0.05, 0) is 18.7 Å². The van der Waals surface area contributed by atoms with Crippen molar-refractivity contribution in [1.82, 2.24) is 19.6 Å². The molecular weight excluding hydrogens is 288 g/mol. The van der Waals surface area contributed by atoms with Crippen LogP contribution in [0.15, 0.2) is 24.4 Å². The van der Waals surface area contributed by atoms with Crippen LogP contribution in [0.1, 0.15) is 12.6 Å². The maximum Gasteiger partial charge on any atom is 0.152 e. The molecular formula is C15H21ClN4O. The zero-order valence-corrected chi connectivity index (χ0v) is 13.0. The molecule has 1 aliphatic heterocycles. The minimum absolute atomic E-state index is 0.247. The van der Waals surface area contributed by atoms with Crippen LogP contribution in [-0.2, 0) is 11.3 Å². The SMILES string of the molecule is CCN1CCO[C@H](CNCc2c(Cl)nc3ccccn23)C1. The number of aromatic nitrogens is 2. The van der Waals surface area contributed by atoms with Crippen LogP contribution in [0.3, 0.4) is 0 Å². The Morgan fingerprint density at radius 1 is 1.48 bits per heavy atom. The molecule has 0 amide bonds. The van der Waals surface area contributed by atoms with E-state index >= 15 is 0 Å². The van der Waals surface area contributed by atoms with E-state index in [9.17, 15) is 0 Å². The first-order valence-electron chi connectivity index (χ1n) is 7.44. The second-order valence-electron chi connectivity index (χ2n) is 5.30. The summed E-state index contributed by atoms with van der Waals surface area (Å²) >= 11 is 6.22. The van der Waals surface area contributed by atoms with Gasteiger partial charge in [0.2, 0.25) is 0 Å². The van der Waals surface area contributed by atoms with Gasteiger partial charge in [0, 0.05) is 32.4 Å². The number of likely N-dealkylation sites (N-methyl/N-ethyl adjacent to an activating group) is 1. The highest BCUT2D eigenvalue weighted by Gasteiger charge is 2.19. The third-order valence-corrected chi connectivity index (χ3v) is 4.22. The lowest BCUT2D eigenvalue weighted by molar-refractivity contribution is -0.0254. The van der Waals surface area contributed by atoms with Crippen molar-refractivity contribution in [2.24, 2.45) is 0 Å². The predicted octanol–water partition coefficient (Wildman–Crippen LogP) is 1.80. The zero-order chi connectivity index (χ0) is 14.7. The summed E-state index contributed by atoms with van der Waals surface area (Å²) in [6, 6.07) is 5.90.